The van der Waals surface area contributed by atoms with Crippen LogP contribution < -0.4 is 11.1 Å². The lowest BCUT2D eigenvalue weighted by Crippen LogP contribution is -2.12. The summed E-state index contributed by atoms with van der Waals surface area (Å²) in [4.78, 5) is 37.5. The minimum Gasteiger partial charge on any atom is -0.310 e. The quantitative estimate of drug-likeness (QED) is 0.542. The van der Waals surface area contributed by atoms with Crippen LogP contribution in [0.4, 0.5) is 0 Å². The zero-order valence-corrected chi connectivity index (χ0v) is 13.1. The molecule has 0 aliphatic rings. The molecular formula is C13H14N6O2S. The zero-order chi connectivity index (χ0) is 15.9. The van der Waals surface area contributed by atoms with E-state index in [2.05, 4.69) is 25.0 Å². The van der Waals surface area contributed by atoms with Gasteiger partial charge in [-0.2, -0.15) is 5.10 Å². The molecule has 0 saturated heterocycles. The van der Waals surface area contributed by atoms with Gasteiger partial charge in [0.1, 0.15) is 11.3 Å². The highest BCUT2D eigenvalue weighted by Gasteiger charge is 2.12. The number of aryl methyl sites for hydroxylation is 3. The summed E-state index contributed by atoms with van der Waals surface area (Å²) in [5, 5.41) is 4.61. The normalized spacial score (nSPS) is 11.2. The molecule has 8 nitrogen and oxygen atoms in total. The van der Waals surface area contributed by atoms with Crippen LogP contribution in [-0.4, -0.2) is 29.7 Å². The van der Waals surface area contributed by atoms with Gasteiger partial charge in [0.15, 0.2) is 10.7 Å². The van der Waals surface area contributed by atoms with Gasteiger partial charge in [0, 0.05) is 18.8 Å². The molecule has 0 spiro atoms. The van der Waals surface area contributed by atoms with Crippen molar-refractivity contribution in [2.24, 2.45) is 7.05 Å². The van der Waals surface area contributed by atoms with Crippen molar-refractivity contribution in [1.29, 1.82) is 0 Å². The van der Waals surface area contributed by atoms with Crippen LogP contribution in [0.15, 0.2) is 20.8 Å². The van der Waals surface area contributed by atoms with Crippen molar-refractivity contribution in [2.75, 3.05) is 0 Å². The van der Waals surface area contributed by atoms with Crippen molar-refractivity contribution in [3.05, 3.63) is 44.0 Å². The molecule has 0 radical (unpaired) electrons. The number of rotatable bonds is 3. The second-order valence-corrected chi connectivity index (χ2v) is 5.86. The molecule has 9 heteroatoms. The van der Waals surface area contributed by atoms with E-state index in [4.69, 9.17) is 0 Å². The molecule has 0 fully saturated rings. The lowest BCUT2D eigenvalue weighted by Gasteiger charge is -2.02. The summed E-state index contributed by atoms with van der Waals surface area (Å²) >= 11 is 1.30. The van der Waals surface area contributed by atoms with Crippen LogP contribution in [0.2, 0.25) is 0 Å². The lowest BCUT2D eigenvalue weighted by molar-refractivity contribution is 0.749. The average Bonchev–Trinajstić information content (AvgIpc) is 2.73. The van der Waals surface area contributed by atoms with Crippen molar-refractivity contribution in [1.82, 2.24) is 29.7 Å². The van der Waals surface area contributed by atoms with Crippen LogP contribution >= 0.6 is 11.8 Å². The Balaban J connectivity index is 1.92. The van der Waals surface area contributed by atoms with Gasteiger partial charge in [-0.15, -0.1) is 0 Å². The number of nitrogens with zero attached hydrogens (tertiary/aromatic N) is 4. The molecule has 3 aromatic heterocycles. The SMILES string of the molecule is Cc1cc(=O)[nH]c(CSc2nc3c(C)n(C)nc3c(=O)[nH]2)n1. The lowest BCUT2D eigenvalue weighted by atomic mass is 10.4. The standard InChI is InChI=1S/C13H14N6O2S/c1-6-4-9(20)15-8(14-6)5-22-13-16-10-7(2)19(3)18-11(10)12(21)17-13/h4H,5H2,1-3H3,(H,14,15,20)(H,16,17,21). The van der Waals surface area contributed by atoms with Crippen molar-refractivity contribution in [2.45, 2.75) is 24.8 Å². The third-order valence-electron chi connectivity index (χ3n) is 3.22. The number of hydrogen-bond acceptors (Lipinski definition) is 6. The topological polar surface area (TPSA) is 109 Å². The number of H-pyrrole nitrogens is 2. The van der Waals surface area contributed by atoms with E-state index in [1.807, 2.05) is 6.92 Å². The predicted molar refractivity (Wildman–Crippen MR) is 83.0 cm³/mol. The van der Waals surface area contributed by atoms with Crippen LogP contribution in [0.3, 0.4) is 0 Å². The molecule has 114 valence electrons. The number of aromatic nitrogens is 6. The van der Waals surface area contributed by atoms with E-state index < -0.39 is 0 Å². The Morgan fingerprint density at radius 2 is 1.95 bits per heavy atom. The second kappa shape index (κ2) is 5.41. The molecule has 0 aliphatic carbocycles. The van der Waals surface area contributed by atoms with E-state index in [9.17, 15) is 9.59 Å². The third-order valence-corrected chi connectivity index (χ3v) is 4.10. The van der Waals surface area contributed by atoms with Crippen LogP contribution in [0.25, 0.3) is 11.0 Å². The molecule has 0 amide bonds. The molecule has 22 heavy (non-hydrogen) atoms. The van der Waals surface area contributed by atoms with Crippen LogP contribution in [-0.2, 0) is 12.8 Å². The Morgan fingerprint density at radius 3 is 2.68 bits per heavy atom. The fourth-order valence-corrected chi connectivity index (χ4v) is 2.82. The van der Waals surface area contributed by atoms with Crippen LogP contribution in [0, 0.1) is 13.8 Å². The number of nitrogens with one attached hydrogen (secondary N) is 2. The maximum Gasteiger partial charge on any atom is 0.279 e. The van der Waals surface area contributed by atoms with Crippen molar-refractivity contribution >= 4 is 22.8 Å². The highest BCUT2D eigenvalue weighted by atomic mass is 32.2. The van der Waals surface area contributed by atoms with Gasteiger partial charge in [-0.1, -0.05) is 11.8 Å². The van der Waals surface area contributed by atoms with Crippen molar-refractivity contribution in [3.63, 3.8) is 0 Å². The first-order valence-electron chi connectivity index (χ1n) is 6.57. The van der Waals surface area contributed by atoms with Gasteiger partial charge in [-0.25, -0.2) is 9.97 Å². The summed E-state index contributed by atoms with van der Waals surface area (Å²) < 4.78 is 1.63. The summed E-state index contributed by atoms with van der Waals surface area (Å²) in [6.45, 7) is 3.62. The van der Waals surface area contributed by atoms with E-state index in [-0.39, 0.29) is 11.1 Å². The van der Waals surface area contributed by atoms with E-state index in [0.717, 1.165) is 5.69 Å². The molecule has 0 bridgehead atoms. The summed E-state index contributed by atoms with van der Waals surface area (Å²) in [6, 6.07) is 1.43. The molecule has 3 heterocycles. The average molecular weight is 318 g/mol. The molecule has 0 atom stereocenters. The molecule has 0 aliphatic heterocycles. The molecule has 0 unspecified atom stereocenters. The van der Waals surface area contributed by atoms with E-state index in [1.54, 1.807) is 18.7 Å². The Hall–Kier alpha value is -2.42. The Labute approximate surface area is 129 Å². The van der Waals surface area contributed by atoms with Crippen LogP contribution in [0.1, 0.15) is 17.2 Å². The fourth-order valence-electron chi connectivity index (χ4n) is 2.08. The van der Waals surface area contributed by atoms with E-state index in [1.165, 1.54) is 17.8 Å². The van der Waals surface area contributed by atoms with Gasteiger partial charge in [0.05, 0.1) is 11.4 Å². The Kier molecular flexibility index (Phi) is 3.57. The summed E-state index contributed by atoms with van der Waals surface area (Å²) in [6.07, 6.45) is 0. The highest BCUT2D eigenvalue weighted by molar-refractivity contribution is 7.98. The summed E-state index contributed by atoms with van der Waals surface area (Å²) in [5.41, 5.74) is 1.92. The van der Waals surface area contributed by atoms with Gasteiger partial charge in [-0.05, 0) is 13.8 Å². The highest BCUT2D eigenvalue weighted by Crippen LogP contribution is 2.19. The zero-order valence-electron chi connectivity index (χ0n) is 12.3. The Morgan fingerprint density at radius 1 is 1.18 bits per heavy atom. The summed E-state index contributed by atoms with van der Waals surface area (Å²) in [5.74, 6) is 0.950. The minimum absolute atomic E-state index is 0.192. The second-order valence-electron chi connectivity index (χ2n) is 4.90. The van der Waals surface area contributed by atoms with Gasteiger partial charge >= 0.3 is 0 Å². The van der Waals surface area contributed by atoms with E-state index in [0.29, 0.717) is 33.5 Å². The number of thioether (sulfide) groups is 1. The van der Waals surface area contributed by atoms with Crippen molar-refractivity contribution in [3.8, 4) is 0 Å². The van der Waals surface area contributed by atoms with Gasteiger partial charge in [-0.3, -0.25) is 19.3 Å². The molecule has 0 aromatic carbocycles. The first-order chi connectivity index (χ1) is 10.4. The van der Waals surface area contributed by atoms with Gasteiger partial charge < -0.3 is 4.98 Å². The molecule has 0 saturated carbocycles. The molecule has 2 N–H and O–H groups in total. The first kappa shape index (κ1) is 14.5. The number of hydrogen-bond donors (Lipinski definition) is 2. The van der Waals surface area contributed by atoms with Gasteiger partial charge in [0.25, 0.3) is 11.1 Å². The Bertz CT molecular complexity index is 971. The summed E-state index contributed by atoms with van der Waals surface area (Å²) in [7, 11) is 1.77. The maximum absolute atomic E-state index is 12.0. The van der Waals surface area contributed by atoms with Gasteiger partial charge in [0.2, 0.25) is 0 Å². The van der Waals surface area contributed by atoms with Crippen LogP contribution in [0.5, 0.6) is 0 Å². The maximum atomic E-state index is 12.0. The number of aromatic amines is 2. The largest absolute Gasteiger partial charge is 0.310 e. The monoisotopic (exact) mass is 318 g/mol. The number of fused-ring (bicyclic) bond motifs is 1. The molecule has 3 rings (SSSR count). The van der Waals surface area contributed by atoms with Crippen molar-refractivity contribution < 1.29 is 0 Å². The first-order valence-corrected chi connectivity index (χ1v) is 7.56. The molecule has 3 aromatic rings. The minimum atomic E-state index is -0.276. The molecular weight excluding hydrogens is 304 g/mol. The third kappa shape index (κ3) is 2.67. The van der Waals surface area contributed by atoms with E-state index >= 15 is 0 Å². The fraction of sp³-hybridized carbons (Fsp3) is 0.308. The smallest absolute Gasteiger partial charge is 0.279 e. The predicted octanol–water partition coefficient (Wildman–Crippen LogP) is 0.649.